The Morgan fingerprint density at radius 2 is 1.70 bits per heavy atom. The summed E-state index contributed by atoms with van der Waals surface area (Å²) in [6.07, 6.45) is 1.75. The molecule has 2 aromatic carbocycles. The molecule has 1 aliphatic heterocycles. The molecule has 0 spiro atoms. The van der Waals surface area contributed by atoms with Gasteiger partial charge in [-0.3, -0.25) is 24.0 Å². The predicted octanol–water partition coefficient (Wildman–Crippen LogP) is 2.45. The Bertz CT molecular complexity index is 1460. The standard InChI is InChI=1S/C21H17N5O4/c1-23-18-14(20(27)24(2)21(23)28)11-25-16-6-4-3-5-15(16)22-17(19(18)25)12-7-9-13(10-8-12)26(29)30/h3-11,17,22H,1-2H3/t17-/m1/s1. The molecule has 2 aromatic heterocycles. The van der Waals surface area contributed by atoms with E-state index in [-0.39, 0.29) is 11.2 Å². The van der Waals surface area contributed by atoms with E-state index < -0.39 is 16.7 Å². The quantitative estimate of drug-likeness (QED) is 0.409. The van der Waals surface area contributed by atoms with Crippen LogP contribution in [0.15, 0.2) is 64.3 Å². The SMILES string of the molecule is Cn1c(=O)c2cn3c(c2n(C)c1=O)[C@@H](c1ccc([N+](=O)[O-])cc1)Nc1ccccc1-3. The highest BCUT2D eigenvalue weighted by molar-refractivity contribution is 5.86. The molecule has 4 aromatic rings. The number of hydrogen-bond donors (Lipinski definition) is 1. The second kappa shape index (κ2) is 6.18. The van der Waals surface area contributed by atoms with Crippen LogP contribution in [0.2, 0.25) is 0 Å². The number of aryl methyl sites for hydroxylation is 1. The number of para-hydroxylation sites is 2. The van der Waals surface area contributed by atoms with Crippen LogP contribution in [0.5, 0.6) is 0 Å². The van der Waals surface area contributed by atoms with Crippen molar-refractivity contribution in [3.63, 3.8) is 0 Å². The first kappa shape index (κ1) is 17.9. The summed E-state index contributed by atoms with van der Waals surface area (Å²) in [4.78, 5) is 36.1. The molecule has 3 heterocycles. The fourth-order valence-corrected chi connectivity index (χ4v) is 4.14. The molecule has 9 heteroatoms. The van der Waals surface area contributed by atoms with Gasteiger partial charge in [0.05, 0.1) is 38.9 Å². The van der Waals surface area contributed by atoms with Crippen LogP contribution in [-0.4, -0.2) is 18.6 Å². The molecular formula is C21H17N5O4. The van der Waals surface area contributed by atoms with E-state index in [2.05, 4.69) is 5.32 Å². The van der Waals surface area contributed by atoms with Gasteiger partial charge in [0.25, 0.3) is 11.2 Å². The normalized spacial score (nSPS) is 14.8. The fraction of sp³-hybridized carbons (Fsp3) is 0.143. The third-order valence-electron chi connectivity index (χ3n) is 5.63. The van der Waals surface area contributed by atoms with Crippen molar-refractivity contribution >= 4 is 22.3 Å². The molecule has 0 radical (unpaired) electrons. The van der Waals surface area contributed by atoms with E-state index in [1.807, 2.05) is 28.8 Å². The van der Waals surface area contributed by atoms with Crippen LogP contribution in [0.1, 0.15) is 17.3 Å². The Morgan fingerprint density at radius 1 is 1.00 bits per heavy atom. The predicted molar refractivity (Wildman–Crippen MR) is 112 cm³/mol. The molecule has 0 bridgehead atoms. The lowest BCUT2D eigenvalue weighted by molar-refractivity contribution is -0.384. The Kier molecular flexibility index (Phi) is 3.69. The molecule has 0 fully saturated rings. The van der Waals surface area contributed by atoms with Gasteiger partial charge in [-0.15, -0.1) is 0 Å². The van der Waals surface area contributed by atoms with Crippen molar-refractivity contribution in [3.8, 4) is 5.69 Å². The number of fused-ring (bicyclic) bond motifs is 5. The number of non-ortho nitro benzene ring substituents is 1. The second-order valence-corrected chi connectivity index (χ2v) is 7.30. The minimum absolute atomic E-state index is 0.00327. The summed E-state index contributed by atoms with van der Waals surface area (Å²) >= 11 is 0. The van der Waals surface area contributed by atoms with Gasteiger partial charge in [0.2, 0.25) is 0 Å². The van der Waals surface area contributed by atoms with Crippen molar-refractivity contribution in [1.29, 1.82) is 0 Å². The summed E-state index contributed by atoms with van der Waals surface area (Å²) in [6, 6.07) is 13.5. The molecule has 9 nitrogen and oxygen atoms in total. The number of hydrogen-bond acceptors (Lipinski definition) is 5. The van der Waals surface area contributed by atoms with E-state index in [1.54, 1.807) is 25.4 Å². The van der Waals surface area contributed by atoms with Crippen LogP contribution in [0.4, 0.5) is 11.4 Å². The monoisotopic (exact) mass is 403 g/mol. The van der Waals surface area contributed by atoms with Crippen molar-refractivity contribution in [3.05, 3.63) is 96.9 Å². The zero-order chi connectivity index (χ0) is 21.2. The lowest BCUT2D eigenvalue weighted by Gasteiger charge is -2.30. The third-order valence-corrected chi connectivity index (χ3v) is 5.63. The van der Waals surface area contributed by atoms with Crippen molar-refractivity contribution in [2.24, 2.45) is 14.1 Å². The largest absolute Gasteiger partial charge is 0.371 e. The van der Waals surface area contributed by atoms with Crippen molar-refractivity contribution in [2.45, 2.75) is 6.04 Å². The van der Waals surface area contributed by atoms with Gasteiger partial charge >= 0.3 is 5.69 Å². The summed E-state index contributed by atoms with van der Waals surface area (Å²) in [6.45, 7) is 0. The molecule has 0 saturated heterocycles. The van der Waals surface area contributed by atoms with Crippen LogP contribution < -0.4 is 16.6 Å². The minimum Gasteiger partial charge on any atom is -0.371 e. The van der Waals surface area contributed by atoms with Crippen molar-refractivity contribution in [2.75, 3.05) is 5.32 Å². The van der Waals surface area contributed by atoms with Crippen LogP contribution in [0.3, 0.4) is 0 Å². The first-order valence-corrected chi connectivity index (χ1v) is 9.29. The number of nitro groups is 1. The topological polar surface area (TPSA) is 104 Å². The zero-order valence-electron chi connectivity index (χ0n) is 16.2. The lowest BCUT2D eigenvalue weighted by Crippen LogP contribution is -2.37. The van der Waals surface area contributed by atoms with E-state index in [0.29, 0.717) is 10.9 Å². The molecule has 0 aliphatic carbocycles. The molecule has 1 atom stereocenters. The number of anilines is 1. The van der Waals surface area contributed by atoms with E-state index in [1.165, 1.54) is 23.7 Å². The summed E-state index contributed by atoms with van der Waals surface area (Å²) < 4.78 is 4.48. The number of nitrogens with one attached hydrogen (secondary N) is 1. The van der Waals surface area contributed by atoms with Crippen LogP contribution in [0.25, 0.3) is 16.6 Å². The molecular weight excluding hydrogens is 386 g/mol. The molecule has 1 aliphatic rings. The molecule has 5 rings (SSSR count). The van der Waals surface area contributed by atoms with E-state index in [0.717, 1.165) is 27.2 Å². The highest BCUT2D eigenvalue weighted by atomic mass is 16.6. The molecule has 1 N–H and O–H groups in total. The van der Waals surface area contributed by atoms with Crippen LogP contribution >= 0.6 is 0 Å². The first-order valence-electron chi connectivity index (χ1n) is 9.29. The Morgan fingerprint density at radius 3 is 2.40 bits per heavy atom. The number of nitrogens with zero attached hydrogens (tertiary/aromatic N) is 4. The maximum atomic E-state index is 12.8. The van der Waals surface area contributed by atoms with Gasteiger partial charge in [0.1, 0.15) is 0 Å². The molecule has 0 unspecified atom stereocenters. The maximum Gasteiger partial charge on any atom is 0.331 e. The summed E-state index contributed by atoms with van der Waals surface area (Å²) in [5.74, 6) is 0. The van der Waals surface area contributed by atoms with Gasteiger partial charge in [-0.25, -0.2) is 4.79 Å². The Balaban J connectivity index is 1.86. The van der Waals surface area contributed by atoms with Crippen LogP contribution in [-0.2, 0) is 14.1 Å². The summed E-state index contributed by atoms with van der Waals surface area (Å²) in [5.41, 5.74) is 2.98. The summed E-state index contributed by atoms with van der Waals surface area (Å²) in [5, 5.41) is 14.9. The average Bonchev–Trinajstić information content (AvgIpc) is 3.17. The Labute approximate surface area is 169 Å². The number of benzene rings is 2. The zero-order valence-corrected chi connectivity index (χ0v) is 16.2. The van der Waals surface area contributed by atoms with Crippen molar-refractivity contribution in [1.82, 2.24) is 13.7 Å². The maximum absolute atomic E-state index is 12.8. The van der Waals surface area contributed by atoms with E-state index in [4.69, 9.17) is 0 Å². The fourth-order valence-electron chi connectivity index (χ4n) is 4.14. The molecule has 150 valence electrons. The summed E-state index contributed by atoms with van der Waals surface area (Å²) in [7, 11) is 3.10. The lowest BCUT2D eigenvalue weighted by atomic mass is 9.99. The first-order chi connectivity index (χ1) is 14.4. The number of nitro benzene ring substituents is 1. The van der Waals surface area contributed by atoms with Gasteiger partial charge in [-0.1, -0.05) is 12.1 Å². The average molecular weight is 403 g/mol. The number of aromatic nitrogens is 3. The van der Waals surface area contributed by atoms with E-state index >= 15 is 0 Å². The molecule has 0 amide bonds. The van der Waals surface area contributed by atoms with Gasteiger partial charge in [-0.2, -0.15) is 0 Å². The van der Waals surface area contributed by atoms with Gasteiger partial charge < -0.3 is 9.88 Å². The molecule has 30 heavy (non-hydrogen) atoms. The van der Waals surface area contributed by atoms with Crippen molar-refractivity contribution < 1.29 is 4.92 Å². The molecule has 0 saturated carbocycles. The van der Waals surface area contributed by atoms with Gasteiger partial charge in [-0.05, 0) is 29.8 Å². The minimum atomic E-state index is -0.446. The van der Waals surface area contributed by atoms with Gasteiger partial charge in [0.15, 0.2) is 0 Å². The Hall–Kier alpha value is -4.14. The second-order valence-electron chi connectivity index (χ2n) is 7.30. The van der Waals surface area contributed by atoms with E-state index in [9.17, 15) is 19.7 Å². The number of rotatable bonds is 2. The highest BCUT2D eigenvalue weighted by Gasteiger charge is 2.30. The van der Waals surface area contributed by atoms with Gasteiger partial charge in [0, 0.05) is 32.4 Å². The smallest absolute Gasteiger partial charge is 0.331 e. The third kappa shape index (κ3) is 2.35. The van der Waals surface area contributed by atoms with Crippen LogP contribution in [0, 0.1) is 10.1 Å². The highest BCUT2D eigenvalue weighted by Crippen LogP contribution is 2.40.